The molecule has 0 radical (unpaired) electrons. The Hall–Kier alpha value is -1.61. The van der Waals surface area contributed by atoms with Crippen molar-refractivity contribution in [3.05, 3.63) is 34.7 Å². The molecular formula is C11H7F3O4S2. The monoisotopic (exact) mass is 324 g/mol. The van der Waals surface area contributed by atoms with Crippen LogP contribution in [0.5, 0.6) is 0 Å². The second-order valence-corrected chi connectivity index (χ2v) is 7.06. The second-order valence-electron chi connectivity index (χ2n) is 3.99. The minimum absolute atomic E-state index is 0.0374. The van der Waals surface area contributed by atoms with Crippen molar-refractivity contribution >= 4 is 37.2 Å². The van der Waals surface area contributed by atoms with Crippen LogP contribution < -0.4 is 0 Å². The van der Waals surface area contributed by atoms with Gasteiger partial charge in [-0.2, -0.15) is 13.2 Å². The third-order valence-corrected chi connectivity index (χ3v) is 5.02. The molecule has 2 aromatic rings. The summed E-state index contributed by atoms with van der Waals surface area (Å²) in [6, 6.07) is 5.20. The molecule has 20 heavy (non-hydrogen) atoms. The van der Waals surface area contributed by atoms with Gasteiger partial charge in [0.2, 0.25) is 0 Å². The van der Waals surface area contributed by atoms with Gasteiger partial charge in [0.05, 0.1) is 5.75 Å². The van der Waals surface area contributed by atoms with E-state index in [1.165, 1.54) is 24.3 Å². The zero-order chi connectivity index (χ0) is 15.1. The van der Waals surface area contributed by atoms with E-state index in [0.717, 1.165) is 11.3 Å². The molecule has 1 N–H and O–H groups in total. The summed E-state index contributed by atoms with van der Waals surface area (Å²) >= 11 is 0.966. The second kappa shape index (κ2) is 4.74. The molecule has 0 aliphatic carbocycles. The minimum Gasteiger partial charge on any atom is -0.477 e. The summed E-state index contributed by atoms with van der Waals surface area (Å²) in [6.07, 6.45) is 0. The number of hydrogen-bond donors (Lipinski definition) is 1. The molecule has 0 saturated heterocycles. The number of fused-ring (bicyclic) bond motifs is 1. The van der Waals surface area contributed by atoms with Crippen LogP contribution in [0.2, 0.25) is 0 Å². The molecule has 1 aromatic heterocycles. The van der Waals surface area contributed by atoms with E-state index in [9.17, 15) is 26.4 Å². The summed E-state index contributed by atoms with van der Waals surface area (Å²) in [5.41, 5.74) is -5.34. The van der Waals surface area contributed by atoms with Gasteiger partial charge in [0.1, 0.15) is 4.88 Å². The summed E-state index contributed by atoms with van der Waals surface area (Å²) in [4.78, 5) is 10.8. The quantitative estimate of drug-likeness (QED) is 0.942. The van der Waals surface area contributed by atoms with Crippen LogP contribution in [-0.4, -0.2) is 25.0 Å². The van der Waals surface area contributed by atoms with Gasteiger partial charge < -0.3 is 5.11 Å². The van der Waals surface area contributed by atoms with Crippen LogP contribution in [0.4, 0.5) is 13.2 Å². The lowest BCUT2D eigenvalue weighted by Gasteiger charge is -2.07. The molecular weight excluding hydrogens is 317 g/mol. The van der Waals surface area contributed by atoms with Crippen molar-refractivity contribution in [2.24, 2.45) is 0 Å². The van der Waals surface area contributed by atoms with E-state index in [4.69, 9.17) is 5.11 Å². The largest absolute Gasteiger partial charge is 0.497 e. The number of thiophene rings is 1. The first-order valence-electron chi connectivity index (χ1n) is 5.15. The van der Waals surface area contributed by atoms with Crippen molar-refractivity contribution in [3.8, 4) is 0 Å². The van der Waals surface area contributed by atoms with Gasteiger partial charge in [-0.15, -0.1) is 11.3 Å². The van der Waals surface area contributed by atoms with Crippen molar-refractivity contribution in [1.29, 1.82) is 0 Å². The number of sulfone groups is 1. The maximum Gasteiger partial charge on any atom is 0.497 e. The minimum atomic E-state index is -5.30. The topological polar surface area (TPSA) is 71.4 Å². The highest BCUT2D eigenvalue weighted by molar-refractivity contribution is 7.91. The SMILES string of the molecule is O=C(O)c1cc2cc(CS(=O)(=O)C(F)(F)F)ccc2s1. The van der Waals surface area contributed by atoms with Crippen molar-refractivity contribution in [1.82, 2.24) is 0 Å². The average Bonchev–Trinajstić information content (AvgIpc) is 2.69. The predicted molar refractivity (Wildman–Crippen MR) is 67.5 cm³/mol. The molecule has 4 nitrogen and oxygen atoms in total. The van der Waals surface area contributed by atoms with Crippen LogP contribution in [0.15, 0.2) is 24.3 Å². The Bertz CT molecular complexity index is 775. The normalized spacial score (nSPS) is 12.8. The Morgan fingerprint density at radius 1 is 1.25 bits per heavy atom. The highest BCUT2D eigenvalue weighted by atomic mass is 32.2. The molecule has 0 aliphatic heterocycles. The standard InChI is InChI=1S/C11H7F3O4S2/c12-11(13,14)20(17,18)5-6-1-2-8-7(3-6)4-9(19-8)10(15)16/h1-4H,5H2,(H,15,16). The molecule has 1 heterocycles. The number of benzene rings is 1. The summed E-state index contributed by atoms with van der Waals surface area (Å²) in [5.74, 6) is -2.30. The van der Waals surface area contributed by atoms with Crippen LogP contribution in [0.3, 0.4) is 0 Å². The van der Waals surface area contributed by atoms with Crippen LogP contribution in [0.1, 0.15) is 15.2 Å². The number of halogens is 3. The van der Waals surface area contributed by atoms with Crippen molar-refractivity contribution < 1.29 is 31.5 Å². The number of hydrogen-bond acceptors (Lipinski definition) is 4. The van der Waals surface area contributed by atoms with Crippen LogP contribution in [0.25, 0.3) is 10.1 Å². The smallest absolute Gasteiger partial charge is 0.477 e. The lowest BCUT2D eigenvalue weighted by atomic mass is 10.2. The lowest BCUT2D eigenvalue weighted by Crippen LogP contribution is -2.24. The highest BCUT2D eigenvalue weighted by Gasteiger charge is 2.45. The van der Waals surface area contributed by atoms with Gasteiger partial charge in [-0.05, 0) is 29.1 Å². The lowest BCUT2D eigenvalue weighted by molar-refractivity contribution is -0.0437. The third kappa shape index (κ3) is 2.78. The molecule has 0 spiro atoms. The Labute approximate surface area is 115 Å². The molecule has 1 aromatic carbocycles. The predicted octanol–water partition coefficient (Wildman–Crippen LogP) is 3.03. The summed E-state index contributed by atoms with van der Waals surface area (Å²) in [7, 11) is -5.24. The summed E-state index contributed by atoms with van der Waals surface area (Å²) < 4.78 is 59.5. The van der Waals surface area contributed by atoms with Gasteiger partial charge in [0.15, 0.2) is 0 Å². The number of alkyl halides is 3. The van der Waals surface area contributed by atoms with E-state index in [-0.39, 0.29) is 10.4 Å². The maximum absolute atomic E-state index is 12.3. The van der Waals surface area contributed by atoms with Gasteiger partial charge >= 0.3 is 11.5 Å². The van der Waals surface area contributed by atoms with Gasteiger partial charge in [-0.1, -0.05) is 6.07 Å². The molecule has 0 aliphatic rings. The van der Waals surface area contributed by atoms with Gasteiger partial charge in [0, 0.05) is 4.70 Å². The summed E-state index contributed by atoms with van der Waals surface area (Å²) in [6.45, 7) is 0. The fourth-order valence-electron chi connectivity index (χ4n) is 1.59. The van der Waals surface area contributed by atoms with E-state index in [0.29, 0.717) is 10.1 Å². The first-order valence-corrected chi connectivity index (χ1v) is 7.62. The van der Waals surface area contributed by atoms with Crippen molar-refractivity contribution in [2.75, 3.05) is 0 Å². The fraction of sp³-hybridized carbons (Fsp3) is 0.182. The number of carbonyl (C=O) groups is 1. The number of carboxylic acid groups (broad SMARTS) is 1. The molecule has 108 valence electrons. The van der Waals surface area contributed by atoms with E-state index in [1.54, 1.807) is 0 Å². The number of aromatic carboxylic acids is 1. The molecule has 0 fully saturated rings. The van der Waals surface area contributed by atoms with Crippen molar-refractivity contribution in [3.63, 3.8) is 0 Å². The van der Waals surface area contributed by atoms with Crippen LogP contribution in [-0.2, 0) is 15.6 Å². The number of rotatable bonds is 3. The van der Waals surface area contributed by atoms with Crippen molar-refractivity contribution in [2.45, 2.75) is 11.3 Å². The van der Waals surface area contributed by atoms with Gasteiger partial charge in [-0.25, -0.2) is 13.2 Å². The number of carboxylic acids is 1. The first-order chi connectivity index (χ1) is 9.10. The molecule has 0 bridgehead atoms. The van der Waals surface area contributed by atoms with E-state index >= 15 is 0 Å². The summed E-state index contributed by atoms with van der Waals surface area (Å²) in [5, 5.41) is 9.22. The zero-order valence-electron chi connectivity index (χ0n) is 9.64. The average molecular weight is 324 g/mol. The Balaban J connectivity index is 2.40. The molecule has 0 atom stereocenters. The first kappa shape index (κ1) is 14.8. The Morgan fingerprint density at radius 3 is 2.45 bits per heavy atom. The highest BCUT2D eigenvalue weighted by Crippen LogP contribution is 2.30. The van der Waals surface area contributed by atoms with Gasteiger partial charge in [-0.3, -0.25) is 0 Å². The Morgan fingerprint density at radius 2 is 1.90 bits per heavy atom. The molecule has 2 rings (SSSR count). The van der Waals surface area contributed by atoms with Crippen LogP contribution >= 0.6 is 11.3 Å². The molecule has 0 amide bonds. The Kier molecular flexibility index (Phi) is 3.51. The van der Waals surface area contributed by atoms with E-state index in [2.05, 4.69) is 0 Å². The van der Waals surface area contributed by atoms with E-state index < -0.39 is 27.1 Å². The van der Waals surface area contributed by atoms with E-state index in [1.807, 2.05) is 0 Å². The maximum atomic E-state index is 12.3. The van der Waals surface area contributed by atoms with Gasteiger partial charge in [0.25, 0.3) is 9.84 Å². The zero-order valence-corrected chi connectivity index (χ0v) is 11.3. The third-order valence-electron chi connectivity index (χ3n) is 2.50. The fourth-order valence-corrected chi connectivity index (χ4v) is 3.25. The molecule has 0 saturated carbocycles. The molecule has 9 heteroatoms. The molecule has 0 unspecified atom stereocenters. The van der Waals surface area contributed by atoms with Crippen LogP contribution in [0, 0.1) is 0 Å².